The maximum atomic E-state index is 8.43. The molecule has 0 aromatic heterocycles. The minimum atomic E-state index is 0.583. The first-order valence-electron chi connectivity index (χ1n) is 3.83. The second-order valence-electron chi connectivity index (χ2n) is 2.23. The van der Waals surface area contributed by atoms with Gasteiger partial charge in [0.2, 0.25) is 0 Å². The summed E-state index contributed by atoms with van der Waals surface area (Å²) in [6, 6.07) is 2.22. The van der Waals surface area contributed by atoms with Crippen LogP contribution in [0.1, 0.15) is 33.1 Å². The molecule has 0 N–H and O–H groups in total. The van der Waals surface area contributed by atoms with Crippen molar-refractivity contribution in [3.8, 4) is 6.07 Å². The molecule has 10 heavy (non-hydrogen) atoms. The monoisotopic (exact) mass is 157 g/mol. The van der Waals surface area contributed by atoms with Gasteiger partial charge in [-0.3, -0.25) is 0 Å². The van der Waals surface area contributed by atoms with E-state index in [9.17, 15) is 0 Å². The lowest BCUT2D eigenvalue weighted by molar-refractivity contribution is 0.751. The predicted molar refractivity (Wildman–Crippen MR) is 47.1 cm³/mol. The molecule has 0 aliphatic rings. The van der Waals surface area contributed by atoms with E-state index in [1.54, 1.807) is 0 Å². The number of hydrogen-bond donors (Lipinski definition) is 0. The van der Waals surface area contributed by atoms with Gasteiger partial charge in [-0.1, -0.05) is 20.3 Å². The molecule has 0 fully saturated rings. The van der Waals surface area contributed by atoms with E-state index in [-0.39, 0.29) is 0 Å². The zero-order valence-electron chi connectivity index (χ0n) is 6.76. The SMILES string of the molecule is CCCC(CC#N)SCC. The van der Waals surface area contributed by atoms with Crippen LogP contribution in [0.25, 0.3) is 0 Å². The Balaban J connectivity index is 3.42. The molecule has 2 heteroatoms. The molecular weight excluding hydrogens is 142 g/mol. The van der Waals surface area contributed by atoms with E-state index in [2.05, 4.69) is 19.9 Å². The summed E-state index contributed by atoms with van der Waals surface area (Å²) in [5.41, 5.74) is 0. The molecule has 1 unspecified atom stereocenters. The molecule has 0 aromatic carbocycles. The first-order valence-corrected chi connectivity index (χ1v) is 4.88. The van der Waals surface area contributed by atoms with Crippen molar-refractivity contribution in [2.75, 3.05) is 5.75 Å². The molecule has 1 nitrogen and oxygen atoms in total. The van der Waals surface area contributed by atoms with Crippen LogP contribution in [-0.2, 0) is 0 Å². The summed E-state index contributed by atoms with van der Waals surface area (Å²) in [6.07, 6.45) is 3.10. The van der Waals surface area contributed by atoms with Crippen molar-refractivity contribution in [1.29, 1.82) is 5.26 Å². The molecule has 0 aliphatic heterocycles. The highest BCUT2D eigenvalue weighted by Crippen LogP contribution is 2.18. The van der Waals surface area contributed by atoms with E-state index >= 15 is 0 Å². The molecule has 0 aliphatic carbocycles. The number of hydrogen-bond acceptors (Lipinski definition) is 2. The lowest BCUT2D eigenvalue weighted by Gasteiger charge is -2.08. The summed E-state index contributed by atoms with van der Waals surface area (Å²) < 4.78 is 0. The van der Waals surface area contributed by atoms with E-state index < -0.39 is 0 Å². The van der Waals surface area contributed by atoms with E-state index in [1.807, 2.05) is 11.8 Å². The number of nitriles is 1. The first kappa shape index (κ1) is 9.84. The molecule has 0 saturated heterocycles. The Morgan fingerprint density at radius 2 is 2.20 bits per heavy atom. The largest absolute Gasteiger partial charge is 0.198 e. The molecule has 0 bridgehead atoms. The molecule has 0 saturated carbocycles. The van der Waals surface area contributed by atoms with Crippen molar-refractivity contribution < 1.29 is 0 Å². The lowest BCUT2D eigenvalue weighted by atomic mass is 10.2. The highest BCUT2D eigenvalue weighted by Gasteiger charge is 2.04. The van der Waals surface area contributed by atoms with Crippen molar-refractivity contribution in [3.63, 3.8) is 0 Å². The van der Waals surface area contributed by atoms with Crippen molar-refractivity contribution in [3.05, 3.63) is 0 Å². The van der Waals surface area contributed by atoms with Crippen LogP contribution in [0.3, 0.4) is 0 Å². The minimum Gasteiger partial charge on any atom is -0.198 e. The molecule has 0 heterocycles. The number of rotatable bonds is 5. The van der Waals surface area contributed by atoms with Crippen LogP contribution in [0.5, 0.6) is 0 Å². The fourth-order valence-corrected chi connectivity index (χ4v) is 1.97. The molecule has 58 valence electrons. The summed E-state index contributed by atoms with van der Waals surface area (Å²) in [6.45, 7) is 4.31. The third-order valence-corrected chi connectivity index (χ3v) is 2.54. The Hall–Kier alpha value is -0.160. The van der Waals surface area contributed by atoms with Gasteiger partial charge in [-0.2, -0.15) is 17.0 Å². The molecule has 0 amide bonds. The Bertz CT molecular complexity index is 100. The Morgan fingerprint density at radius 3 is 2.60 bits per heavy atom. The molecule has 0 aromatic rings. The van der Waals surface area contributed by atoms with Crippen LogP contribution >= 0.6 is 11.8 Å². The lowest BCUT2D eigenvalue weighted by Crippen LogP contribution is -2.00. The Morgan fingerprint density at radius 1 is 1.50 bits per heavy atom. The minimum absolute atomic E-state index is 0.583. The topological polar surface area (TPSA) is 23.8 Å². The Labute approximate surface area is 67.8 Å². The summed E-state index contributed by atoms with van der Waals surface area (Å²) in [5.74, 6) is 1.13. The van der Waals surface area contributed by atoms with E-state index in [1.165, 1.54) is 12.8 Å². The molecule has 0 rings (SSSR count). The van der Waals surface area contributed by atoms with E-state index in [4.69, 9.17) is 5.26 Å². The van der Waals surface area contributed by atoms with E-state index in [0.29, 0.717) is 11.7 Å². The highest BCUT2D eigenvalue weighted by atomic mass is 32.2. The summed E-state index contributed by atoms with van der Waals surface area (Å²) in [4.78, 5) is 0. The van der Waals surface area contributed by atoms with Crippen LogP contribution < -0.4 is 0 Å². The van der Waals surface area contributed by atoms with Crippen molar-refractivity contribution in [2.24, 2.45) is 0 Å². The molecule has 1 atom stereocenters. The van der Waals surface area contributed by atoms with Gasteiger partial charge in [0.25, 0.3) is 0 Å². The second-order valence-corrected chi connectivity index (χ2v) is 3.81. The van der Waals surface area contributed by atoms with Crippen LogP contribution in [0, 0.1) is 11.3 Å². The van der Waals surface area contributed by atoms with Gasteiger partial charge < -0.3 is 0 Å². The van der Waals surface area contributed by atoms with Crippen LogP contribution in [0.2, 0.25) is 0 Å². The van der Waals surface area contributed by atoms with Gasteiger partial charge in [-0.05, 0) is 12.2 Å². The maximum Gasteiger partial charge on any atom is 0.0633 e. The van der Waals surface area contributed by atoms with Gasteiger partial charge in [-0.25, -0.2) is 0 Å². The fraction of sp³-hybridized carbons (Fsp3) is 0.875. The second kappa shape index (κ2) is 6.95. The third-order valence-electron chi connectivity index (χ3n) is 1.33. The number of nitrogens with zero attached hydrogens (tertiary/aromatic N) is 1. The summed E-state index contributed by atoms with van der Waals surface area (Å²) in [5, 5.41) is 9.01. The van der Waals surface area contributed by atoms with Crippen LogP contribution in [-0.4, -0.2) is 11.0 Å². The van der Waals surface area contributed by atoms with Gasteiger partial charge >= 0.3 is 0 Å². The van der Waals surface area contributed by atoms with Gasteiger partial charge in [0.15, 0.2) is 0 Å². The maximum absolute atomic E-state index is 8.43. The third kappa shape index (κ3) is 4.69. The van der Waals surface area contributed by atoms with Gasteiger partial charge in [0, 0.05) is 11.7 Å². The molecule has 0 spiro atoms. The average molecular weight is 157 g/mol. The van der Waals surface area contributed by atoms with Crippen LogP contribution in [0.4, 0.5) is 0 Å². The smallest absolute Gasteiger partial charge is 0.0633 e. The first-order chi connectivity index (χ1) is 4.85. The van der Waals surface area contributed by atoms with Gasteiger partial charge in [0.05, 0.1) is 6.07 Å². The average Bonchev–Trinajstić information content (AvgIpc) is 1.90. The summed E-state index contributed by atoms with van der Waals surface area (Å²) in [7, 11) is 0. The highest BCUT2D eigenvalue weighted by molar-refractivity contribution is 7.99. The Kier molecular flexibility index (Phi) is 6.84. The zero-order chi connectivity index (χ0) is 7.82. The van der Waals surface area contributed by atoms with Gasteiger partial charge in [-0.15, -0.1) is 0 Å². The van der Waals surface area contributed by atoms with Gasteiger partial charge in [0.1, 0.15) is 0 Å². The fourth-order valence-electron chi connectivity index (χ4n) is 0.904. The standard InChI is InChI=1S/C8H15NS/c1-3-5-8(6-7-9)10-4-2/h8H,3-6H2,1-2H3. The quantitative estimate of drug-likeness (QED) is 0.612. The molecule has 0 radical (unpaired) electrons. The van der Waals surface area contributed by atoms with Crippen molar-refractivity contribution in [1.82, 2.24) is 0 Å². The van der Waals surface area contributed by atoms with E-state index in [0.717, 1.165) is 5.75 Å². The normalized spacial score (nSPS) is 12.5. The zero-order valence-corrected chi connectivity index (χ0v) is 7.58. The predicted octanol–water partition coefficient (Wildman–Crippen LogP) is 2.82. The number of thioether (sulfide) groups is 1. The molecular formula is C8H15NS. The van der Waals surface area contributed by atoms with Crippen LogP contribution in [0.15, 0.2) is 0 Å². The van der Waals surface area contributed by atoms with Crippen molar-refractivity contribution in [2.45, 2.75) is 38.4 Å². The summed E-state index contributed by atoms with van der Waals surface area (Å²) >= 11 is 1.90. The van der Waals surface area contributed by atoms with Crippen molar-refractivity contribution >= 4 is 11.8 Å².